The molecule has 1 aliphatic rings. The molecule has 1 heterocycles. The summed E-state index contributed by atoms with van der Waals surface area (Å²) >= 11 is 0. The maximum atomic E-state index is 11.0. The van der Waals surface area contributed by atoms with E-state index in [1.807, 2.05) is 18.2 Å². The summed E-state index contributed by atoms with van der Waals surface area (Å²) in [7, 11) is 0. The van der Waals surface area contributed by atoms with Gasteiger partial charge in [0.15, 0.2) is 0 Å². The normalized spacial score (nSPS) is 13.9. The van der Waals surface area contributed by atoms with Gasteiger partial charge >= 0.3 is 5.97 Å². The van der Waals surface area contributed by atoms with Gasteiger partial charge < -0.3 is 10.0 Å². The van der Waals surface area contributed by atoms with E-state index in [2.05, 4.69) is 11.5 Å². The second kappa shape index (κ2) is 7.13. The van der Waals surface area contributed by atoms with Gasteiger partial charge in [-0.1, -0.05) is 12.5 Å². The summed E-state index contributed by atoms with van der Waals surface area (Å²) in [4.78, 5) is 13.4. The highest BCUT2D eigenvalue weighted by atomic mass is 16.4. The van der Waals surface area contributed by atoms with Crippen molar-refractivity contribution in [2.45, 2.75) is 38.5 Å². The third-order valence-corrected chi connectivity index (χ3v) is 3.88. The van der Waals surface area contributed by atoms with Gasteiger partial charge in [0.05, 0.1) is 5.56 Å². The maximum absolute atomic E-state index is 11.0. The Bertz CT molecular complexity index is 482. The first-order valence-electron chi connectivity index (χ1n) is 7.44. The molecule has 0 amide bonds. The number of aryl methyl sites for hydroxylation is 1. The standard InChI is InChI=1S/C17H23NO2/c1-2-3-4-5-6-11-18-12-7-8-14-13-15(17(19)20)9-10-16(14)18/h2,9-10,13H,1,3-8,11-12H2,(H,19,20). The number of carboxylic acid groups (broad SMARTS) is 1. The maximum Gasteiger partial charge on any atom is 0.335 e. The number of unbranched alkanes of at least 4 members (excludes halogenated alkanes) is 3. The third kappa shape index (κ3) is 3.62. The molecule has 0 unspecified atom stereocenters. The lowest BCUT2D eigenvalue weighted by molar-refractivity contribution is 0.0697. The molecule has 0 saturated carbocycles. The number of aromatic carboxylic acids is 1. The molecule has 0 spiro atoms. The molecule has 0 radical (unpaired) electrons. The summed E-state index contributed by atoms with van der Waals surface area (Å²) < 4.78 is 0. The third-order valence-electron chi connectivity index (χ3n) is 3.88. The van der Waals surface area contributed by atoms with Gasteiger partial charge in [-0.2, -0.15) is 0 Å². The Labute approximate surface area is 120 Å². The summed E-state index contributed by atoms with van der Waals surface area (Å²) in [5, 5.41) is 9.05. The number of hydrogen-bond donors (Lipinski definition) is 1. The van der Waals surface area contributed by atoms with Crippen molar-refractivity contribution in [3.8, 4) is 0 Å². The fourth-order valence-electron chi connectivity index (χ4n) is 2.81. The summed E-state index contributed by atoms with van der Waals surface area (Å²) in [5.74, 6) is -0.839. The zero-order valence-corrected chi connectivity index (χ0v) is 12.0. The predicted octanol–water partition coefficient (Wildman–Crippen LogP) is 3.88. The number of nitrogens with zero attached hydrogens (tertiary/aromatic N) is 1. The van der Waals surface area contributed by atoms with Crippen molar-refractivity contribution in [3.63, 3.8) is 0 Å². The quantitative estimate of drug-likeness (QED) is 0.605. The van der Waals surface area contributed by atoms with E-state index in [1.54, 1.807) is 6.07 Å². The number of carboxylic acids is 1. The molecule has 2 rings (SSSR count). The first-order valence-corrected chi connectivity index (χ1v) is 7.44. The second-order valence-electron chi connectivity index (χ2n) is 5.38. The van der Waals surface area contributed by atoms with Gasteiger partial charge in [0, 0.05) is 18.8 Å². The Morgan fingerprint density at radius 3 is 2.95 bits per heavy atom. The fraction of sp³-hybridized carbons (Fsp3) is 0.471. The van der Waals surface area contributed by atoms with E-state index in [0.717, 1.165) is 32.4 Å². The second-order valence-corrected chi connectivity index (χ2v) is 5.38. The molecule has 1 aromatic carbocycles. The van der Waals surface area contributed by atoms with Crippen LogP contribution in [0.1, 0.15) is 48.0 Å². The van der Waals surface area contributed by atoms with Crippen LogP contribution >= 0.6 is 0 Å². The van der Waals surface area contributed by atoms with Crippen LogP contribution in [0.5, 0.6) is 0 Å². The lowest BCUT2D eigenvalue weighted by Crippen LogP contribution is -2.30. The Kier molecular flexibility index (Phi) is 5.22. The monoisotopic (exact) mass is 273 g/mol. The van der Waals surface area contributed by atoms with Gasteiger partial charge in [-0.05, 0) is 55.9 Å². The largest absolute Gasteiger partial charge is 0.478 e. The van der Waals surface area contributed by atoms with Crippen LogP contribution in [0.25, 0.3) is 0 Å². The van der Waals surface area contributed by atoms with Crippen molar-refractivity contribution in [2.24, 2.45) is 0 Å². The number of benzene rings is 1. The summed E-state index contributed by atoms with van der Waals surface area (Å²) in [5.41, 5.74) is 2.81. The Hall–Kier alpha value is -1.77. The van der Waals surface area contributed by atoms with E-state index in [-0.39, 0.29) is 0 Å². The molecule has 3 heteroatoms. The van der Waals surface area contributed by atoms with E-state index in [9.17, 15) is 4.79 Å². The van der Waals surface area contributed by atoms with Gasteiger partial charge in [-0.3, -0.25) is 0 Å². The van der Waals surface area contributed by atoms with Crippen molar-refractivity contribution >= 4 is 11.7 Å². The van der Waals surface area contributed by atoms with E-state index in [4.69, 9.17) is 5.11 Å². The van der Waals surface area contributed by atoms with Crippen LogP contribution in [0.3, 0.4) is 0 Å². The van der Waals surface area contributed by atoms with Crippen molar-refractivity contribution in [2.75, 3.05) is 18.0 Å². The van der Waals surface area contributed by atoms with E-state index < -0.39 is 5.97 Å². The highest BCUT2D eigenvalue weighted by Crippen LogP contribution is 2.28. The van der Waals surface area contributed by atoms with Crippen molar-refractivity contribution < 1.29 is 9.90 Å². The topological polar surface area (TPSA) is 40.5 Å². The lowest BCUT2D eigenvalue weighted by atomic mass is 9.99. The van der Waals surface area contributed by atoms with E-state index >= 15 is 0 Å². The molecule has 1 aromatic rings. The molecular formula is C17H23NO2. The molecular weight excluding hydrogens is 250 g/mol. The van der Waals surface area contributed by atoms with Crippen LogP contribution in [-0.2, 0) is 6.42 Å². The molecule has 0 bridgehead atoms. The van der Waals surface area contributed by atoms with Crippen molar-refractivity contribution in [1.82, 2.24) is 0 Å². The molecule has 1 N–H and O–H groups in total. The highest BCUT2D eigenvalue weighted by molar-refractivity contribution is 5.88. The zero-order chi connectivity index (χ0) is 14.4. The van der Waals surface area contributed by atoms with Gasteiger partial charge in [0.2, 0.25) is 0 Å². The summed E-state index contributed by atoms with van der Waals surface area (Å²) in [6.07, 6.45) is 8.80. The first kappa shape index (κ1) is 14.6. The number of rotatable bonds is 7. The molecule has 0 aromatic heterocycles. The van der Waals surface area contributed by atoms with E-state index in [0.29, 0.717) is 5.56 Å². The van der Waals surface area contributed by atoms with Crippen molar-refractivity contribution in [1.29, 1.82) is 0 Å². The van der Waals surface area contributed by atoms with Crippen LogP contribution < -0.4 is 4.90 Å². The van der Waals surface area contributed by atoms with Crippen LogP contribution in [0.2, 0.25) is 0 Å². The molecule has 1 aliphatic heterocycles. The lowest BCUT2D eigenvalue weighted by Gasteiger charge is -2.31. The molecule has 108 valence electrons. The molecule has 3 nitrogen and oxygen atoms in total. The summed E-state index contributed by atoms with van der Waals surface area (Å²) in [6, 6.07) is 5.53. The minimum Gasteiger partial charge on any atom is -0.478 e. The van der Waals surface area contributed by atoms with Crippen LogP contribution in [0.15, 0.2) is 30.9 Å². The number of fused-ring (bicyclic) bond motifs is 1. The molecule has 20 heavy (non-hydrogen) atoms. The zero-order valence-electron chi connectivity index (χ0n) is 12.0. The Morgan fingerprint density at radius 1 is 1.35 bits per heavy atom. The van der Waals surface area contributed by atoms with E-state index in [1.165, 1.54) is 30.5 Å². The molecule has 0 saturated heterocycles. The van der Waals surface area contributed by atoms with Gasteiger partial charge in [0.1, 0.15) is 0 Å². The predicted molar refractivity (Wildman–Crippen MR) is 82.6 cm³/mol. The van der Waals surface area contributed by atoms with Crippen LogP contribution in [0, 0.1) is 0 Å². The molecule has 0 fully saturated rings. The van der Waals surface area contributed by atoms with Gasteiger partial charge in [-0.15, -0.1) is 6.58 Å². The SMILES string of the molecule is C=CCCCCCN1CCCc2cc(C(=O)O)ccc21. The number of hydrogen-bond acceptors (Lipinski definition) is 2. The minimum absolute atomic E-state index is 0.400. The van der Waals surface area contributed by atoms with Crippen molar-refractivity contribution in [3.05, 3.63) is 42.0 Å². The van der Waals surface area contributed by atoms with Gasteiger partial charge in [-0.25, -0.2) is 4.79 Å². The Balaban J connectivity index is 1.97. The van der Waals surface area contributed by atoms with Crippen LogP contribution in [0.4, 0.5) is 5.69 Å². The first-order chi connectivity index (χ1) is 9.72. The average molecular weight is 273 g/mol. The minimum atomic E-state index is -0.839. The average Bonchev–Trinajstić information content (AvgIpc) is 2.46. The molecule has 0 atom stereocenters. The smallest absolute Gasteiger partial charge is 0.335 e. The fourth-order valence-corrected chi connectivity index (χ4v) is 2.81. The Morgan fingerprint density at radius 2 is 2.20 bits per heavy atom. The number of carbonyl (C=O) groups is 1. The highest BCUT2D eigenvalue weighted by Gasteiger charge is 2.17. The molecule has 0 aliphatic carbocycles. The van der Waals surface area contributed by atoms with Crippen LogP contribution in [-0.4, -0.2) is 24.2 Å². The number of anilines is 1. The summed E-state index contributed by atoms with van der Waals surface area (Å²) in [6.45, 7) is 5.89. The van der Waals surface area contributed by atoms with Gasteiger partial charge in [0.25, 0.3) is 0 Å². The number of allylic oxidation sites excluding steroid dienone is 1.